The Morgan fingerprint density at radius 3 is 2.63 bits per heavy atom. The molecule has 0 aliphatic carbocycles. The Kier molecular flexibility index (Phi) is 4.29. The van der Waals surface area contributed by atoms with Crippen molar-refractivity contribution in [3.8, 4) is 11.5 Å². The second-order valence-corrected chi connectivity index (χ2v) is 6.32. The Morgan fingerprint density at radius 1 is 1.15 bits per heavy atom. The smallest absolute Gasteiger partial charge is 0.255 e. The standard InChI is InChI=1S/C19H14ClN3O4/c1-23-7-6-21-18(23)16(24)11-2-4-13(5-3-11)22-19(25)12-8-14(20)17-15(9-12)26-10-27-17/h2-9H,10H2,1H3,(H,22,25). The molecular weight excluding hydrogens is 370 g/mol. The van der Waals surface area contributed by atoms with Gasteiger partial charge in [-0.25, -0.2) is 4.98 Å². The molecule has 1 aromatic heterocycles. The quantitative estimate of drug-likeness (QED) is 0.699. The van der Waals surface area contributed by atoms with E-state index < -0.39 is 0 Å². The van der Waals surface area contributed by atoms with Crippen LogP contribution in [0.3, 0.4) is 0 Å². The molecule has 0 spiro atoms. The van der Waals surface area contributed by atoms with Crippen molar-refractivity contribution in [1.82, 2.24) is 9.55 Å². The maximum atomic E-state index is 12.5. The summed E-state index contributed by atoms with van der Waals surface area (Å²) in [6.07, 6.45) is 3.27. The highest BCUT2D eigenvalue weighted by Crippen LogP contribution is 2.39. The van der Waals surface area contributed by atoms with Crippen molar-refractivity contribution in [2.45, 2.75) is 0 Å². The minimum atomic E-state index is -0.349. The Bertz CT molecular complexity index is 1040. The van der Waals surface area contributed by atoms with Gasteiger partial charge in [0, 0.05) is 36.3 Å². The number of nitrogens with zero attached hydrogens (tertiary/aromatic N) is 2. The molecule has 1 amide bonds. The highest BCUT2D eigenvalue weighted by atomic mass is 35.5. The molecule has 1 N–H and O–H groups in total. The molecule has 0 fully saturated rings. The summed E-state index contributed by atoms with van der Waals surface area (Å²) in [5.41, 5.74) is 1.37. The maximum Gasteiger partial charge on any atom is 0.255 e. The van der Waals surface area contributed by atoms with Gasteiger partial charge < -0.3 is 19.4 Å². The van der Waals surface area contributed by atoms with Gasteiger partial charge in [0.05, 0.1) is 5.02 Å². The number of halogens is 1. The zero-order chi connectivity index (χ0) is 19.0. The molecule has 27 heavy (non-hydrogen) atoms. The number of carbonyl (C=O) groups is 2. The van der Waals surface area contributed by atoms with Gasteiger partial charge in [-0.2, -0.15) is 0 Å². The number of amides is 1. The van der Waals surface area contributed by atoms with Crippen LogP contribution in [0, 0.1) is 0 Å². The lowest BCUT2D eigenvalue weighted by Gasteiger charge is -2.08. The van der Waals surface area contributed by atoms with Gasteiger partial charge in [0.15, 0.2) is 17.3 Å². The van der Waals surface area contributed by atoms with Crippen molar-refractivity contribution in [3.63, 3.8) is 0 Å². The average Bonchev–Trinajstić information content (AvgIpc) is 3.30. The number of benzene rings is 2. The number of imidazole rings is 1. The number of ether oxygens (including phenoxy) is 2. The van der Waals surface area contributed by atoms with E-state index >= 15 is 0 Å². The van der Waals surface area contributed by atoms with E-state index in [4.69, 9.17) is 21.1 Å². The Balaban J connectivity index is 1.50. The van der Waals surface area contributed by atoms with Crippen LogP contribution < -0.4 is 14.8 Å². The number of hydrogen-bond acceptors (Lipinski definition) is 5. The molecule has 4 rings (SSSR count). The first kappa shape index (κ1) is 17.1. The summed E-state index contributed by atoms with van der Waals surface area (Å²) < 4.78 is 12.2. The highest BCUT2D eigenvalue weighted by Gasteiger charge is 2.21. The maximum absolute atomic E-state index is 12.5. The van der Waals surface area contributed by atoms with Crippen LogP contribution >= 0.6 is 11.6 Å². The van der Waals surface area contributed by atoms with Crippen LogP contribution in [0.5, 0.6) is 11.5 Å². The minimum absolute atomic E-state index is 0.0750. The third-order valence-corrected chi connectivity index (χ3v) is 4.40. The van der Waals surface area contributed by atoms with Gasteiger partial charge in [-0.15, -0.1) is 0 Å². The summed E-state index contributed by atoms with van der Waals surface area (Å²) in [6.45, 7) is 0.0750. The molecule has 0 bridgehead atoms. The van der Waals surface area contributed by atoms with E-state index in [-0.39, 0.29) is 18.5 Å². The first-order valence-corrected chi connectivity index (χ1v) is 8.43. The number of hydrogen-bond donors (Lipinski definition) is 1. The number of aryl methyl sites for hydroxylation is 1. The largest absolute Gasteiger partial charge is 0.454 e. The number of ketones is 1. The van der Waals surface area contributed by atoms with Gasteiger partial charge in [0.1, 0.15) is 0 Å². The lowest BCUT2D eigenvalue weighted by Crippen LogP contribution is -2.12. The molecule has 2 aromatic carbocycles. The third-order valence-electron chi connectivity index (χ3n) is 4.12. The second-order valence-electron chi connectivity index (χ2n) is 5.91. The zero-order valence-corrected chi connectivity index (χ0v) is 15.0. The fourth-order valence-electron chi connectivity index (χ4n) is 2.72. The van der Waals surface area contributed by atoms with Gasteiger partial charge in [-0.05, 0) is 36.4 Å². The van der Waals surface area contributed by atoms with Gasteiger partial charge in [-0.1, -0.05) is 11.6 Å². The summed E-state index contributed by atoms with van der Waals surface area (Å²) in [4.78, 5) is 28.9. The molecule has 3 aromatic rings. The molecule has 1 aliphatic heterocycles. The summed E-state index contributed by atoms with van der Waals surface area (Å²) in [7, 11) is 1.76. The lowest BCUT2D eigenvalue weighted by molar-refractivity contribution is 0.102. The van der Waals surface area contributed by atoms with Crippen molar-refractivity contribution in [2.24, 2.45) is 7.05 Å². The van der Waals surface area contributed by atoms with E-state index in [0.717, 1.165) is 0 Å². The van der Waals surface area contributed by atoms with Gasteiger partial charge in [0.2, 0.25) is 12.6 Å². The van der Waals surface area contributed by atoms with Crippen molar-refractivity contribution >= 4 is 29.0 Å². The number of nitrogens with one attached hydrogen (secondary N) is 1. The molecule has 136 valence electrons. The number of rotatable bonds is 4. The molecule has 0 atom stereocenters. The number of aromatic nitrogens is 2. The molecule has 0 saturated heterocycles. The van der Waals surface area contributed by atoms with Crippen molar-refractivity contribution in [2.75, 3.05) is 12.1 Å². The van der Waals surface area contributed by atoms with Crippen molar-refractivity contribution in [3.05, 3.63) is 70.8 Å². The predicted octanol–water partition coefficient (Wildman–Crippen LogP) is 3.29. The molecule has 7 nitrogen and oxygen atoms in total. The number of carbonyl (C=O) groups excluding carboxylic acids is 2. The molecule has 0 radical (unpaired) electrons. The van der Waals surface area contributed by atoms with E-state index in [9.17, 15) is 9.59 Å². The summed E-state index contributed by atoms with van der Waals surface area (Å²) >= 11 is 6.11. The third kappa shape index (κ3) is 3.24. The van der Waals surface area contributed by atoms with E-state index in [1.54, 1.807) is 54.3 Å². The van der Waals surface area contributed by atoms with Gasteiger partial charge >= 0.3 is 0 Å². The Hall–Kier alpha value is -3.32. The van der Waals surface area contributed by atoms with Crippen LogP contribution in [-0.4, -0.2) is 28.0 Å². The van der Waals surface area contributed by atoms with Gasteiger partial charge in [-0.3, -0.25) is 9.59 Å². The van der Waals surface area contributed by atoms with Crippen molar-refractivity contribution < 1.29 is 19.1 Å². The Morgan fingerprint density at radius 2 is 1.93 bits per heavy atom. The van der Waals surface area contributed by atoms with Crippen LogP contribution in [0.25, 0.3) is 0 Å². The highest BCUT2D eigenvalue weighted by molar-refractivity contribution is 6.32. The monoisotopic (exact) mass is 383 g/mol. The van der Waals surface area contributed by atoms with Crippen LogP contribution in [0.2, 0.25) is 5.02 Å². The van der Waals surface area contributed by atoms with E-state index in [0.29, 0.717) is 39.2 Å². The SMILES string of the molecule is Cn1ccnc1C(=O)c1ccc(NC(=O)c2cc(Cl)c3c(c2)OCO3)cc1. The fourth-order valence-corrected chi connectivity index (χ4v) is 2.99. The summed E-state index contributed by atoms with van der Waals surface area (Å²) in [5, 5.41) is 3.07. The molecule has 0 saturated carbocycles. The lowest BCUT2D eigenvalue weighted by atomic mass is 10.1. The van der Waals surface area contributed by atoms with Crippen LogP contribution in [0.1, 0.15) is 26.5 Å². The van der Waals surface area contributed by atoms with E-state index in [1.165, 1.54) is 6.07 Å². The molecular formula is C19H14ClN3O4. The minimum Gasteiger partial charge on any atom is -0.454 e. The van der Waals surface area contributed by atoms with Crippen molar-refractivity contribution in [1.29, 1.82) is 0 Å². The van der Waals surface area contributed by atoms with Gasteiger partial charge in [0.25, 0.3) is 5.91 Å². The zero-order valence-electron chi connectivity index (χ0n) is 14.2. The average molecular weight is 384 g/mol. The molecule has 1 aliphatic rings. The topological polar surface area (TPSA) is 82.5 Å². The van der Waals surface area contributed by atoms with E-state index in [2.05, 4.69) is 10.3 Å². The molecule has 8 heteroatoms. The summed E-state index contributed by atoms with van der Waals surface area (Å²) in [6, 6.07) is 9.68. The summed E-state index contributed by atoms with van der Waals surface area (Å²) in [5.74, 6) is 0.678. The van der Waals surface area contributed by atoms with Crippen LogP contribution in [-0.2, 0) is 7.05 Å². The number of anilines is 1. The van der Waals surface area contributed by atoms with Crippen LogP contribution in [0.15, 0.2) is 48.8 Å². The Labute approximate surface area is 159 Å². The first-order chi connectivity index (χ1) is 13.0. The normalized spacial score (nSPS) is 12.1. The van der Waals surface area contributed by atoms with E-state index in [1.807, 2.05) is 0 Å². The van der Waals surface area contributed by atoms with Crippen LogP contribution in [0.4, 0.5) is 5.69 Å². The predicted molar refractivity (Wildman–Crippen MR) is 98.6 cm³/mol. The number of fused-ring (bicyclic) bond motifs is 1. The fraction of sp³-hybridized carbons (Fsp3) is 0.105. The first-order valence-electron chi connectivity index (χ1n) is 8.05. The second kappa shape index (κ2) is 6.77. The molecule has 2 heterocycles. The molecule has 0 unspecified atom stereocenters.